The summed E-state index contributed by atoms with van der Waals surface area (Å²) >= 11 is 3.13. The summed E-state index contributed by atoms with van der Waals surface area (Å²) in [6, 6.07) is 0.180. The Kier molecular flexibility index (Phi) is 3.85. The number of rotatable bonds is 1. The Labute approximate surface area is 114 Å². The SMILES string of the molecule is CC1CCCN(C(=O)c2nc[nH]c(=O)c2Br)C1C. The Morgan fingerprint density at radius 3 is 3.00 bits per heavy atom. The van der Waals surface area contributed by atoms with Gasteiger partial charge in [-0.05, 0) is 41.6 Å². The van der Waals surface area contributed by atoms with Gasteiger partial charge in [-0.3, -0.25) is 9.59 Å². The minimum atomic E-state index is -0.328. The Bertz CT molecular complexity index is 514. The summed E-state index contributed by atoms with van der Waals surface area (Å²) in [6.45, 7) is 4.92. The maximum Gasteiger partial charge on any atom is 0.274 e. The average molecular weight is 314 g/mol. The molecule has 0 saturated carbocycles. The summed E-state index contributed by atoms with van der Waals surface area (Å²) in [4.78, 5) is 32.1. The van der Waals surface area contributed by atoms with Crippen molar-refractivity contribution in [2.75, 3.05) is 6.54 Å². The molecule has 2 unspecified atom stereocenters. The molecule has 0 aliphatic carbocycles. The van der Waals surface area contributed by atoms with Gasteiger partial charge in [-0.1, -0.05) is 6.92 Å². The molecule has 2 atom stereocenters. The molecule has 0 spiro atoms. The van der Waals surface area contributed by atoms with Gasteiger partial charge in [-0.25, -0.2) is 4.98 Å². The molecule has 6 heteroatoms. The smallest absolute Gasteiger partial charge is 0.274 e. The average Bonchev–Trinajstić information content (AvgIpc) is 2.35. The van der Waals surface area contributed by atoms with Crippen LogP contribution in [-0.2, 0) is 0 Å². The van der Waals surface area contributed by atoms with Crippen molar-refractivity contribution < 1.29 is 4.79 Å². The molecule has 98 valence electrons. The van der Waals surface area contributed by atoms with Gasteiger partial charge in [0.25, 0.3) is 11.5 Å². The molecule has 0 aromatic carbocycles. The predicted molar refractivity (Wildman–Crippen MR) is 71.5 cm³/mol. The summed E-state index contributed by atoms with van der Waals surface area (Å²) < 4.78 is 0.209. The quantitative estimate of drug-likeness (QED) is 0.859. The molecule has 1 aliphatic heterocycles. The van der Waals surface area contributed by atoms with E-state index in [4.69, 9.17) is 0 Å². The van der Waals surface area contributed by atoms with Crippen LogP contribution in [0.1, 0.15) is 37.2 Å². The minimum absolute atomic E-state index is 0.174. The lowest BCUT2D eigenvalue weighted by Crippen LogP contribution is -2.46. The number of likely N-dealkylation sites (tertiary alicyclic amines) is 1. The van der Waals surface area contributed by atoms with Gasteiger partial charge in [0.1, 0.15) is 10.2 Å². The van der Waals surface area contributed by atoms with Crippen LogP contribution in [0.25, 0.3) is 0 Å². The molecule has 1 aliphatic rings. The third kappa shape index (κ3) is 2.34. The van der Waals surface area contributed by atoms with Gasteiger partial charge in [-0.2, -0.15) is 0 Å². The monoisotopic (exact) mass is 313 g/mol. The molecule has 0 radical (unpaired) electrons. The number of aromatic nitrogens is 2. The molecule has 5 nitrogen and oxygen atoms in total. The lowest BCUT2D eigenvalue weighted by molar-refractivity contribution is 0.0543. The largest absolute Gasteiger partial charge is 0.334 e. The topological polar surface area (TPSA) is 66.1 Å². The number of nitrogens with zero attached hydrogens (tertiary/aromatic N) is 2. The fourth-order valence-corrected chi connectivity index (χ4v) is 2.68. The van der Waals surface area contributed by atoms with E-state index in [0.717, 1.165) is 19.4 Å². The van der Waals surface area contributed by atoms with E-state index < -0.39 is 0 Å². The zero-order valence-electron chi connectivity index (χ0n) is 10.4. The minimum Gasteiger partial charge on any atom is -0.334 e. The first-order chi connectivity index (χ1) is 8.52. The molecule has 1 N–H and O–H groups in total. The van der Waals surface area contributed by atoms with Crippen molar-refractivity contribution in [3.8, 4) is 0 Å². The maximum atomic E-state index is 12.4. The first kappa shape index (κ1) is 13.3. The van der Waals surface area contributed by atoms with Crippen molar-refractivity contribution in [3.63, 3.8) is 0 Å². The molecular formula is C12H16BrN3O2. The molecule has 1 amide bonds. The van der Waals surface area contributed by atoms with Crippen LogP contribution >= 0.6 is 15.9 Å². The van der Waals surface area contributed by atoms with E-state index in [2.05, 4.69) is 32.8 Å². The molecule has 1 saturated heterocycles. The first-order valence-electron chi connectivity index (χ1n) is 6.06. The highest BCUT2D eigenvalue weighted by Crippen LogP contribution is 2.25. The third-order valence-electron chi connectivity index (χ3n) is 3.63. The number of hydrogen-bond acceptors (Lipinski definition) is 3. The molecule has 1 aromatic heterocycles. The van der Waals surface area contributed by atoms with E-state index in [1.165, 1.54) is 6.33 Å². The van der Waals surface area contributed by atoms with Gasteiger partial charge < -0.3 is 9.88 Å². The van der Waals surface area contributed by atoms with Crippen LogP contribution < -0.4 is 5.56 Å². The van der Waals surface area contributed by atoms with Crippen LogP contribution in [0.5, 0.6) is 0 Å². The lowest BCUT2D eigenvalue weighted by Gasteiger charge is -2.37. The molecule has 1 fully saturated rings. The Balaban J connectivity index is 2.31. The molecule has 2 heterocycles. The zero-order valence-corrected chi connectivity index (χ0v) is 12.0. The molecule has 2 rings (SSSR count). The van der Waals surface area contributed by atoms with Crippen LogP contribution in [0.4, 0.5) is 0 Å². The van der Waals surface area contributed by atoms with Gasteiger partial charge in [0, 0.05) is 12.6 Å². The Hall–Kier alpha value is -1.17. The summed E-state index contributed by atoms with van der Waals surface area (Å²) in [5.74, 6) is 0.301. The molecule has 18 heavy (non-hydrogen) atoms. The van der Waals surface area contributed by atoms with E-state index >= 15 is 0 Å². The van der Waals surface area contributed by atoms with Crippen molar-refractivity contribution in [1.82, 2.24) is 14.9 Å². The zero-order chi connectivity index (χ0) is 13.3. The number of H-pyrrole nitrogens is 1. The van der Waals surface area contributed by atoms with Crippen molar-refractivity contribution in [1.29, 1.82) is 0 Å². The molecule has 1 aromatic rings. The fraction of sp³-hybridized carbons (Fsp3) is 0.583. The number of carbonyl (C=O) groups excluding carboxylic acids is 1. The summed E-state index contributed by atoms with van der Waals surface area (Å²) in [5, 5.41) is 0. The van der Waals surface area contributed by atoms with Crippen LogP contribution in [-0.4, -0.2) is 33.4 Å². The van der Waals surface area contributed by atoms with E-state index in [1.54, 1.807) is 4.90 Å². The summed E-state index contributed by atoms with van der Waals surface area (Å²) in [5.41, 5.74) is -0.134. The van der Waals surface area contributed by atoms with Gasteiger partial charge in [0.05, 0.1) is 6.33 Å². The Morgan fingerprint density at radius 1 is 1.56 bits per heavy atom. The Morgan fingerprint density at radius 2 is 2.28 bits per heavy atom. The van der Waals surface area contributed by atoms with Crippen molar-refractivity contribution >= 4 is 21.8 Å². The predicted octanol–water partition coefficient (Wildman–Crippen LogP) is 1.79. The summed E-state index contributed by atoms with van der Waals surface area (Å²) in [7, 11) is 0. The number of hydrogen-bond donors (Lipinski definition) is 1. The van der Waals surface area contributed by atoms with Crippen molar-refractivity contribution in [3.05, 3.63) is 26.8 Å². The molecule has 0 bridgehead atoms. The normalized spacial score (nSPS) is 24.1. The fourth-order valence-electron chi connectivity index (χ4n) is 2.29. The standard InChI is InChI=1S/C12H16BrN3O2/c1-7-4-3-5-16(8(7)2)12(18)10-9(13)11(17)15-6-14-10/h6-8H,3-5H2,1-2H3,(H,14,15,17). The maximum absolute atomic E-state index is 12.4. The van der Waals surface area contributed by atoms with Crippen LogP contribution in [0.15, 0.2) is 15.6 Å². The highest BCUT2D eigenvalue weighted by atomic mass is 79.9. The second-order valence-electron chi connectivity index (χ2n) is 4.75. The highest BCUT2D eigenvalue weighted by Gasteiger charge is 2.30. The number of halogens is 1. The van der Waals surface area contributed by atoms with Crippen molar-refractivity contribution in [2.45, 2.75) is 32.7 Å². The second-order valence-corrected chi connectivity index (χ2v) is 5.55. The van der Waals surface area contributed by atoms with Crippen LogP contribution in [0, 0.1) is 5.92 Å². The van der Waals surface area contributed by atoms with E-state index in [1.807, 2.05) is 6.92 Å². The lowest BCUT2D eigenvalue weighted by atomic mass is 9.92. The summed E-state index contributed by atoms with van der Waals surface area (Å²) in [6.07, 6.45) is 3.39. The van der Waals surface area contributed by atoms with Crippen LogP contribution in [0.3, 0.4) is 0 Å². The third-order valence-corrected chi connectivity index (χ3v) is 4.37. The number of amides is 1. The first-order valence-corrected chi connectivity index (χ1v) is 6.86. The van der Waals surface area contributed by atoms with E-state index in [9.17, 15) is 9.59 Å². The number of carbonyl (C=O) groups is 1. The number of piperidine rings is 1. The van der Waals surface area contributed by atoms with Gasteiger partial charge in [-0.15, -0.1) is 0 Å². The van der Waals surface area contributed by atoms with Gasteiger partial charge in [0.15, 0.2) is 0 Å². The highest BCUT2D eigenvalue weighted by molar-refractivity contribution is 9.10. The molecular weight excluding hydrogens is 298 g/mol. The van der Waals surface area contributed by atoms with E-state index in [-0.39, 0.29) is 27.7 Å². The second kappa shape index (κ2) is 5.22. The van der Waals surface area contributed by atoms with Crippen molar-refractivity contribution in [2.24, 2.45) is 5.92 Å². The number of aromatic amines is 1. The van der Waals surface area contributed by atoms with E-state index in [0.29, 0.717) is 5.92 Å². The van der Waals surface area contributed by atoms with Gasteiger partial charge in [0.2, 0.25) is 0 Å². The number of nitrogens with one attached hydrogen (secondary N) is 1. The van der Waals surface area contributed by atoms with Crippen LogP contribution in [0.2, 0.25) is 0 Å². The van der Waals surface area contributed by atoms with Gasteiger partial charge >= 0.3 is 0 Å².